The molecule has 0 aliphatic carbocycles. The summed E-state index contributed by atoms with van der Waals surface area (Å²) in [6, 6.07) is 1.63. The number of aromatic hydroxyl groups is 2. The molecule has 0 aliphatic rings. The van der Waals surface area contributed by atoms with E-state index in [2.05, 4.69) is 39.1 Å². The first-order chi connectivity index (χ1) is 13.7. The third-order valence-electron chi connectivity index (χ3n) is 4.91. The Morgan fingerprint density at radius 2 is 1.83 bits per heavy atom. The lowest BCUT2D eigenvalue weighted by atomic mass is 9.94. The van der Waals surface area contributed by atoms with Crippen molar-refractivity contribution < 1.29 is 15.0 Å². The van der Waals surface area contributed by atoms with Gasteiger partial charge in [-0.3, -0.25) is 4.79 Å². The molecule has 1 aromatic carbocycles. The van der Waals surface area contributed by atoms with Crippen LogP contribution in [0.25, 0.3) is 0 Å². The summed E-state index contributed by atoms with van der Waals surface area (Å²) in [6.45, 7) is 12.1. The van der Waals surface area contributed by atoms with Gasteiger partial charge in [-0.15, -0.1) is 0 Å². The molecule has 0 atom stereocenters. The summed E-state index contributed by atoms with van der Waals surface area (Å²) >= 11 is 0. The second kappa shape index (κ2) is 12.4. The molecule has 0 unspecified atom stereocenters. The highest BCUT2D eigenvalue weighted by atomic mass is 16.3. The number of nitrogens with one attached hydrogen (secondary N) is 1. The molecule has 0 spiro atoms. The molecule has 0 aliphatic heterocycles. The van der Waals surface area contributed by atoms with Crippen molar-refractivity contribution in [3.8, 4) is 11.5 Å². The van der Waals surface area contributed by atoms with Gasteiger partial charge in [0.1, 0.15) is 11.5 Å². The number of amides is 1. The molecule has 0 saturated carbocycles. The highest BCUT2D eigenvalue weighted by Crippen LogP contribution is 2.35. The quantitative estimate of drug-likeness (QED) is 0.305. The van der Waals surface area contributed by atoms with Crippen LogP contribution in [0.3, 0.4) is 0 Å². The van der Waals surface area contributed by atoms with Crippen molar-refractivity contribution in [3.05, 3.63) is 46.1 Å². The zero-order chi connectivity index (χ0) is 22.0. The van der Waals surface area contributed by atoms with Crippen LogP contribution in [0.1, 0.15) is 95.1 Å². The van der Waals surface area contributed by atoms with Gasteiger partial charge in [0, 0.05) is 11.6 Å². The summed E-state index contributed by atoms with van der Waals surface area (Å²) in [5, 5.41) is 24.3. The van der Waals surface area contributed by atoms with Crippen molar-refractivity contribution in [2.24, 2.45) is 0 Å². The fourth-order valence-electron chi connectivity index (χ4n) is 3.27. The van der Waals surface area contributed by atoms with E-state index in [0.717, 1.165) is 32.1 Å². The minimum Gasteiger partial charge on any atom is -0.508 e. The summed E-state index contributed by atoms with van der Waals surface area (Å²) < 4.78 is 0. The zero-order valence-electron chi connectivity index (χ0n) is 19.1. The lowest BCUT2D eigenvalue weighted by Gasteiger charge is -2.17. The number of rotatable bonds is 11. The lowest BCUT2D eigenvalue weighted by Crippen LogP contribution is -2.31. The largest absolute Gasteiger partial charge is 0.508 e. The molecule has 3 N–H and O–H groups in total. The molecule has 0 aromatic heterocycles. The van der Waals surface area contributed by atoms with Gasteiger partial charge >= 0.3 is 0 Å². The van der Waals surface area contributed by atoms with Crippen LogP contribution in [0.5, 0.6) is 11.5 Å². The number of hydrogen-bond acceptors (Lipinski definition) is 3. The van der Waals surface area contributed by atoms with E-state index in [1.54, 1.807) is 6.07 Å². The summed E-state index contributed by atoms with van der Waals surface area (Å²) in [4.78, 5) is 12.8. The number of carbonyl (C=O) groups is 1. The third-order valence-corrected chi connectivity index (χ3v) is 4.91. The molecular weight excluding hydrogens is 362 g/mol. The van der Waals surface area contributed by atoms with E-state index in [1.165, 1.54) is 11.1 Å². The Kier molecular flexibility index (Phi) is 10.6. The molecule has 0 heterocycles. The van der Waals surface area contributed by atoms with Crippen molar-refractivity contribution in [1.82, 2.24) is 5.32 Å². The predicted octanol–water partition coefficient (Wildman–Crippen LogP) is 6.20. The highest BCUT2D eigenvalue weighted by molar-refractivity contribution is 5.99. The van der Waals surface area contributed by atoms with E-state index < -0.39 is 0 Å². The number of benzene rings is 1. The Balaban J connectivity index is 3.17. The van der Waals surface area contributed by atoms with E-state index in [1.807, 2.05) is 19.9 Å². The summed E-state index contributed by atoms with van der Waals surface area (Å²) in [7, 11) is 0. The second-order valence-corrected chi connectivity index (χ2v) is 8.42. The molecule has 4 heteroatoms. The number of aryl methyl sites for hydroxylation is 1. The Bertz CT molecular complexity index is 741. The number of carbonyl (C=O) groups excluding carboxylic acids is 1. The normalized spacial score (nSPS) is 11.6. The van der Waals surface area contributed by atoms with Crippen molar-refractivity contribution in [2.75, 3.05) is 0 Å². The van der Waals surface area contributed by atoms with Crippen LogP contribution in [-0.4, -0.2) is 22.2 Å². The van der Waals surface area contributed by atoms with Gasteiger partial charge in [0.05, 0.1) is 5.56 Å². The van der Waals surface area contributed by atoms with Crippen LogP contribution < -0.4 is 5.32 Å². The van der Waals surface area contributed by atoms with Crippen LogP contribution >= 0.6 is 0 Å². The first-order valence-electron chi connectivity index (χ1n) is 10.8. The van der Waals surface area contributed by atoms with E-state index in [9.17, 15) is 15.0 Å². The molecule has 29 heavy (non-hydrogen) atoms. The average molecular weight is 402 g/mol. The smallest absolute Gasteiger partial charge is 0.255 e. The van der Waals surface area contributed by atoms with E-state index >= 15 is 0 Å². The fourth-order valence-corrected chi connectivity index (χ4v) is 3.27. The fraction of sp³-hybridized carbons (Fsp3) is 0.560. The molecule has 0 saturated heterocycles. The van der Waals surface area contributed by atoms with E-state index in [4.69, 9.17) is 0 Å². The maximum Gasteiger partial charge on any atom is 0.255 e. The Morgan fingerprint density at radius 3 is 2.41 bits per heavy atom. The monoisotopic (exact) mass is 401 g/mol. The van der Waals surface area contributed by atoms with Gasteiger partial charge in [0.2, 0.25) is 0 Å². The number of allylic oxidation sites excluding steroid dienone is 4. The topological polar surface area (TPSA) is 69.6 Å². The van der Waals surface area contributed by atoms with Crippen molar-refractivity contribution >= 4 is 5.91 Å². The first kappa shape index (κ1) is 24.8. The van der Waals surface area contributed by atoms with Crippen molar-refractivity contribution in [1.29, 1.82) is 0 Å². The predicted molar refractivity (Wildman–Crippen MR) is 122 cm³/mol. The van der Waals surface area contributed by atoms with Gasteiger partial charge in [-0.1, -0.05) is 43.1 Å². The molecule has 1 aromatic rings. The molecule has 0 bridgehead atoms. The van der Waals surface area contributed by atoms with E-state index in [-0.39, 0.29) is 23.4 Å². The van der Waals surface area contributed by atoms with Gasteiger partial charge in [-0.25, -0.2) is 0 Å². The summed E-state index contributed by atoms with van der Waals surface area (Å²) in [6.07, 6.45) is 10.2. The molecule has 4 nitrogen and oxygen atoms in total. The van der Waals surface area contributed by atoms with Gasteiger partial charge in [0.25, 0.3) is 5.91 Å². The SMILES string of the molecule is CCCCCc1cc(O)c(C/C=C(\C)CCC=C(C)C)c(O)c1C(=O)NC(C)C. The number of hydrogen-bond donors (Lipinski definition) is 3. The van der Waals surface area contributed by atoms with Crippen molar-refractivity contribution in [2.45, 2.75) is 92.5 Å². The second-order valence-electron chi connectivity index (χ2n) is 8.42. The van der Waals surface area contributed by atoms with Gasteiger partial charge < -0.3 is 15.5 Å². The maximum atomic E-state index is 12.8. The van der Waals surface area contributed by atoms with Crippen LogP contribution in [0.2, 0.25) is 0 Å². The number of unbranched alkanes of at least 4 members (excludes halogenated alkanes) is 2. The van der Waals surface area contributed by atoms with Crippen molar-refractivity contribution in [3.63, 3.8) is 0 Å². The van der Waals surface area contributed by atoms with Crippen LogP contribution in [0.15, 0.2) is 29.4 Å². The molecule has 0 fully saturated rings. The number of phenolic OH excluding ortho intramolecular Hbond substituents is 2. The molecular formula is C25H39NO3. The molecule has 0 radical (unpaired) electrons. The van der Waals surface area contributed by atoms with Gasteiger partial charge in [-0.2, -0.15) is 0 Å². The third kappa shape index (κ3) is 8.35. The lowest BCUT2D eigenvalue weighted by molar-refractivity contribution is 0.0939. The maximum absolute atomic E-state index is 12.8. The van der Waals surface area contributed by atoms with Gasteiger partial charge in [0.15, 0.2) is 0 Å². The molecule has 162 valence electrons. The zero-order valence-corrected chi connectivity index (χ0v) is 19.1. The minimum atomic E-state index is -0.283. The summed E-state index contributed by atoms with van der Waals surface area (Å²) in [5.41, 5.74) is 3.92. The Labute approximate surface area is 176 Å². The average Bonchev–Trinajstić information content (AvgIpc) is 2.60. The van der Waals surface area contributed by atoms with Crippen LogP contribution in [0.4, 0.5) is 0 Å². The molecule has 1 rings (SSSR count). The standard InChI is InChI=1S/C25H39NO3/c1-7-8-9-13-20-16-22(27)21(15-14-19(6)12-10-11-17(2)3)24(28)23(20)25(29)26-18(4)5/h11,14,16,18,27-28H,7-10,12-13,15H2,1-6H3,(H,26,29)/b19-14+. The van der Waals surface area contributed by atoms with Gasteiger partial charge in [-0.05, 0) is 78.4 Å². The Morgan fingerprint density at radius 1 is 1.14 bits per heavy atom. The van der Waals surface area contributed by atoms with Crippen LogP contribution in [-0.2, 0) is 12.8 Å². The summed E-state index contributed by atoms with van der Waals surface area (Å²) in [5.74, 6) is -0.319. The number of phenols is 2. The first-order valence-corrected chi connectivity index (χ1v) is 10.8. The van der Waals surface area contributed by atoms with Crippen LogP contribution in [0, 0.1) is 0 Å². The Hall–Kier alpha value is -2.23. The minimum absolute atomic E-state index is 0.0279. The highest BCUT2D eigenvalue weighted by Gasteiger charge is 2.22. The molecule has 1 amide bonds. The van der Waals surface area contributed by atoms with E-state index in [0.29, 0.717) is 29.5 Å².